The highest BCUT2D eigenvalue weighted by atomic mass is 16.6. The number of rotatable bonds is 6. The zero-order valence-electron chi connectivity index (χ0n) is 16.9. The highest BCUT2D eigenvalue weighted by Crippen LogP contribution is 2.31. The van der Waals surface area contributed by atoms with E-state index in [1.807, 2.05) is 20.8 Å². The molecule has 1 amide bonds. The topological polar surface area (TPSA) is 82.1 Å². The lowest BCUT2D eigenvalue weighted by atomic mass is 9.82. The molecule has 1 saturated heterocycles. The van der Waals surface area contributed by atoms with E-state index in [2.05, 4.69) is 0 Å². The minimum Gasteiger partial charge on any atom is -0.465 e. The van der Waals surface area contributed by atoms with Gasteiger partial charge >= 0.3 is 18.0 Å². The van der Waals surface area contributed by atoms with Crippen LogP contribution in [0.3, 0.4) is 0 Å². The van der Waals surface area contributed by atoms with Crippen molar-refractivity contribution in [2.75, 3.05) is 19.8 Å². The van der Waals surface area contributed by atoms with Gasteiger partial charge in [-0.3, -0.25) is 9.59 Å². The van der Waals surface area contributed by atoms with Gasteiger partial charge in [0.1, 0.15) is 5.60 Å². The summed E-state index contributed by atoms with van der Waals surface area (Å²) in [6, 6.07) is -0.280. The second-order valence-corrected chi connectivity index (χ2v) is 7.58. The van der Waals surface area contributed by atoms with E-state index in [1.54, 1.807) is 25.7 Å². The van der Waals surface area contributed by atoms with Crippen LogP contribution in [0.4, 0.5) is 4.79 Å². The van der Waals surface area contributed by atoms with Gasteiger partial charge in [-0.25, -0.2) is 4.79 Å². The van der Waals surface area contributed by atoms with Crippen molar-refractivity contribution in [3.63, 3.8) is 0 Å². The SMILES string of the molecule is CCOC(=O)C(C(=O)OCC)[C@@H](C)[C@@H]1CCCCN1C(=O)OC(C)(C)C. The second kappa shape index (κ2) is 9.78. The number of piperidine rings is 1. The van der Waals surface area contributed by atoms with Gasteiger partial charge in [-0.15, -0.1) is 0 Å². The third kappa shape index (κ3) is 6.18. The Hall–Kier alpha value is -1.79. The molecule has 0 aromatic heterocycles. The zero-order valence-corrected chi connectivity index (χ0v) is 16.9. The predicted molar refractivity (Wildman–Crippen MR) is 96.5 cm³/mol. The molecule has 7 heteroatoms. The molecule has 0 radical (unpaired) electrons. The first-order valence-corrected chi connectivity index (χ1v) is 9.45. The molecule has 0 aromatic rings. The molecule has 1 aliphatic rings. The quantitative estimate of drug-likeness (QED) is 0.405. The summed E-state index contributed by atoms with van der Waals surface area (Å²) in [5, 5.41) is 0. The summed E-state index contributed by atoms with van der Waals surface area (Å²) in [6.07, 6.45) is 2.08. The van der Waals surface area contributed by atoms with Crippen LogP contribution in [0.2, 0.25) is 0 Å². The smallest absolute Gasteiger partial charge is 0.410 e. The number of likely N-dealkylation sites (tertiary alicyclic amines) is 1. The third-order valence-electron chi connectivity index (χ3n) is 4.39. The van der Waals surface area contributed by atoms with Gasteiger partial charge in [0.25, 0.3) is 0 Å². The van der Waals surface area contributed by atoms with E-state index in [4.69, 9.17) is 14.2 Å². The first-order valence-electron chi connectivity index (χ1n) is 9.45. The molecular formula is C19H33NO6. The molecule has 26 heavy (non-hydrogen) atoms. The highest BCUT2D eigenvalue weighted by molar-refractivity contribution is 5.95. The van der Waals surface area contributed by atoms with Crippen molar-refractivity contribution in [2.24, 2.45) is 11.8 Å². The first-order chi connectivity index (χ1) is 12.1. The number of carbonyl (C=O) groups excluding carboxylic acids is 3. The fourth-order valence-corrected chi connectivity index (χ4v) is 3.26. The van der Waals surface area contributed by atoms with E-state index in [0.29, 0.717) is 13.0 Å². The predicted octanol–water partition coefficient (Wildman–Crippen LogP) is 3.15. The molecule has 0 N–H and O–H groups in total. The lowest BCUT2D eigenvalue weighted by Crippen LogP contribution is -2.52. The van der Waals surface area contributed by atoms with Crippen molar-refractivity contribution >= 4 is 18.0 Å². The van der Waals surface area contributed by atoms with Crippen LogP contribution in [0.15, 0.2) is 0 Å². The van der Waals surface area contributed by atoms with E-state index < -0.39 is 35.5 Å². The van der Waals surface area contributed by atoms with Crippen molar-refractivity contribution in [3.05, 3.63) is 0 Å². The van der Waals surface area contributed by atoms with Crippen molar-refractivity contribution in [1.82, 2.24) is 4.90 Å². The van der Waals surface area contributed by atoms with Crippen LogP contribution < -0.4 is 0 Å². The molecule has 1 fully saturated rings. The van der Waals surface area contributed by atoms with Gasteiger partial charge in [0, 0.05) is 18.5 Å². The van der Waals surface area contributed by atoms with Gasteiger partial charge in [0.2, 0.25) is 0 Å². The van der Waals surface area contributed by atoms with E-state index in [1.165, 1.54) is 0 Å². The highest BCUT2D eigenvalue weighted by Gasteiger charge is 2.43. The molecule has 1 heterocycles. The van der Waals surface area contributed by atoms with Crippen LogP contribution in [0.1, 0.15) is 60.8 Å². The lowest BCUT2D eigenvalue weighted by molar-refractivity contribution is -0.165. The molecule has 0 saturated carbocycles. The fourth-order valence-electron chi connectivity index (χ4n) is 3.26. The maximum Gasteiger partial charge on any atom is 0.410 e. The van der Waals surface area contributed by atoms with Gasteiger partial charge < -0.3 is 19.1 Å². The number of esters is 2. The molecule has 2 atom stereocenters. The van der Waals surface area contributed by atoms with Crippen molar-refractivity contribution < 1.29 is 28.6 Å². The summed E-state index contributed by atoms with van der Waals surface area (Å²) in [5.74, 6) is -2.69. The zero-order chi connectivity index (χ0) is 19.9. The molecule has 150 valence electrons. The molecule has 0 unspecified atom stereocenters. The Bertz CT molecular complexity index is 481. The van der Waals surface area contributed by atoms with Gasteiger partial charge in [-0.1, -0.05) is 6.92 Å². The van der Waals surface area contributed by atoms with E-state index in [0.717, 1.165) is 12.8 Å². The van der Waals surface area contributed by atoms with E-state index >= 15 is 0 Å². The summed E-state index contributed by atoms with van der Waals surface area (Å²) in [7, 11) is 0. The maximum absolute atomic E-state index is 12.6. The molecule has 0 spiro atoms. The molecular weight excluding hydrogens is 338 g/mol. The third-order valence-corrected chi connectivity index (χ3v) is 4.39. The van der Waals surface area contributed by atoms with E-state index in [-0.39, 0.29) is 19.3 Å². The molecule has 0 aliphatic carbocycles. The Labute approximate surface area is 156 Å². The Morgan fingerprint density at radius 1 is 1.04 bits per heavy atom. The molecule has 0 aromatic carbocycles. The number of carbonyl (C=O) groups is 3. The van der Waals surface area contributed by atoms with Gasteiger partial charge in [-0.05, 0) is 53.9 Å². The number of hydrogen-bond donors (Lipinski definition) is 0. The van der Waals surface area contributed by atoms with Gasteiger partial charge in [0.05, 0.1) is 13.2 Å². The van der Waals surface area contributed by atoms with Crippen LogP contribution in [0.5, 0.6) is 0 Å². The summed E-state index contributed by atoms with van der Waals surface area (Å²) < 4.78 is 15.7. The Balaban J connectivity index is 3.04. The number of amides is 1. The molecule has 0 bridgehead atoms. The van der Waals surface area contributed by atoms with Crippen LogP contribution >= 0.6 is 0 Å². The second-order valence-electron chi connectivity index (χ2n) is 7.58. The van der Waals surface area contributed by atoms with Crippen molar-refractivity contribution in [1.29, 1.82) is 0 Å². The van der Waals surface area contributed by atoms with E-state index in [9.17, 15) is 14.4 Å². The average Bonchev–Trinajstić information content (AvgIpc) is 2.54. The maximum atomic E-state index is 12.6. The summed E-state index contributed by atoms with van der Waals surface area (Å²) >= 11 is 0. The average molecular weight is 371 g/mol. The Morgan fingerprint density at radius 3 is 2.04 bits per heavy atom. The monoisotopic (exact) mass is 371 g/mol. The van der Waals surface area contributed by atoms with Crippen molar-refractivity contribution in [3.8, 4) is 0 Å². The summed E-state index contributed by atoms with van der Waals surface area (Å²) in [4.78, 5) is 39.0. The molecule has 7 nitrogen and oxygen atoms in total. The molecule has 1 rings (SSSR count). The summed E-state index contributed by atoms with van der Waals surface area (Å²) in [5.41, 5.74) is -0.607. The van der Waals surface area contributed by atoms with Crippen LogP contribution in [-0.4, -0.2) is 54.3 Å². The summed E-state index contributed by atoms with van der Waals surface area (Å²) in [6.45, 7) is 11.5. The number of nitrogens with zero attached hydrogens (tertiary/aromatic N) is 1. The van der Waals surface area contributed by atoms with Gasteiger partial charge in [-0.2, -0.15) is 0 Å². The first kappa shape index (κ1) is 22.3. The number of hydrogen-bond acceptors (Lipinski definition) is 6. The van der Waals surface area contributed by atoms with Crippen LogP contribution in [0, 0.1) is 11.8 Å². The Kier molecular flexibility index (Phi) is 8.37. The Morgan fingerprint density at radius 2 is 1.58 bits per heavy atom. The lowest BCUT2D eigenvalue weighted by Gasteiger charge is -2.41. The minimum absolute atomic E-state index is 0.182. The van der Waals surface area contributed by atoms with Crippen LogP contribution in [-0.2, 0) is 23.8 Å². The number of ether oxygens (including phenoxy) is 3. The van der Waals surface area contributed by atoms with Crippen LogP contribution in [0.25, 0.3) is 0 Å². The van der Waals surface area contributed by atoms with Crippen molar-refractivity contribution in [2.45, 2.75) is 72.4 Å². The minimum atomic E-state index is -1.05. The normalized spacial score (nSPS) is 19.0. The fraction of sp³-hybridized carbons (Fsp3) is 0.842. The standard InChI is InChI=1S/C19H33NO6/c1-7-24-16(21)15(17(22)25-8-2)13(3)14-11-9-10-12-20(14)18(23)26-19(4,5)6/h13-15H,7-12H2,1-6H3/t13-,14-/m0/s1. The molecule has 1 aliphatic heterocycles. The largest absolute Gasteiger partial charge is 0.465 e. The van der Waals surface area contributed by atoms with Gasteiger partial charge in [0.15, 0.2) is 5.92 Å².